The number of ether oxygens (including phenoxy) is 1. The summed E-state index contributed by atoms with van der Waals surface area (Å²) in [5.74, 6) is -0.0137. The van der Waals surface area contributed by atoms with E-state index in [4.69, 9.17) is 16.3 Å². The van der Waals surface area contributed by atoms with Crippen LogP contribution >= 0.6 is 11.6 Å². The molecular formula is C23H31ClFN3O2. The van der Waals surface area contributed by atoms with E-state index in [-0.39, 0.29) is 22.3 Å². The smallest absolute Gasteiger partial charge is 0.410 e. The molecule has 7 heteroatoms. The van der Waals surface area contributed by atoms with Gasteiger partial charge in [0.15, 0.2) is 0 Å². The molecule has 2 aromatic rings. The second-order valence-electron chi connectivity index (χ2n) is 9.39. The summed E-state index contributed by atoms with van der Waals surface area (Å²) in [4.78, 5) is 14.1. The van der Waals surface area contributed by atoms with Crippen molar-refractivity contribution in [3.05, 3.63) is 28.7 Å². The number of hydrogen-bond donors (Lipinski definition) is 1. The van der Waals surface area contributed by atoms with Gasteiger partial charge in [0.2, 0.25) is 0 Å². The second kappa shape index (κ2) is 9.26. The zero-order valence-electron chi connectivity index (χ0n) is 18.4. The zero-order chi connectivity index (χ0) is 22.7. The van der Waals surface area contributed by atoms with Gasteiger partial charge < -0.3 is 9.64 Å². The molecule has 0 unspecified atom stereocenters. The number of fused-ring (bicyclic) bond motifs is 1. The average molecular weight is 436 g/mol. The van der Waals surface area contributed by atoms with E-state index >= 15 is 0 Å². The predicted molar refractivity (Wildman–Crippen MR) is 119 cm³/mol. The molecular weight excluding hydrogens is 405 g/mol. The summed E-state index contributed by atoms with van der Waals surface area (Å²) in [6.07, 6.45) is 11.7. The minimum atomic E-state index is -0.493. The number of aromatic nitrogens is 2. The van der Waals surface area contributed by atoms with Crippen molar-refractivity contribution >= 4 is 28.6 Å². The number of amides is 1. The maximum Gasteiger partial charge on any atom is 0.410 e. The fourth-order valence-corrected chi connectivity index (χ4v) is 4.27. The van der Waals surface area contributed by atoms with E-state index < -0.39 is 5.60 Å². The Hall–Kier alpha value is -2.26. The van der Waals surface area contributed by atoms with E-state index in [1.165, 1.54) is 0 Å². The Morgan fingerprint density at radius 1 is 1.30 bits per heavy atom. The topological polar surface area (TPSA) is 58.2 Å². The number of halogens is 2. The maximum absolute atomic E-state index is 14.8. The molecule has 3 rings (SSSR count). The van der Waals surface area contributed by atoms with Crippen LogP contribution in [0.4, 0.5) is 9.18 Å². The van der Waals surface area contributed by atoms with Crippen LogP contribution in [0.15, 0.2) is 12.3 Å². The highest BCUT2D eigenvalue weighted by Crippen LogP contribution is 2.40. The number of piperidine rings is 1. The highest BCUT2D eigenvalue weighted by atomic mass is 35.5. The van der Waals surface area contributed by atoms with Crippen LogP contribution in [0.2, 0.25) is 5.02 Å². The van der Waals surface area contributed by atoms with Crippen LogP contribution in [0.25, 0.3) is 10.9 Å². The van der Waals surface area contributed by atoms with Gasteiger partial charge >= 0.3 is 6.09 Å². The normalized spacial score (nSPS) is 15.6. The van der Waals surface area contributed by atoms with Crippen molar-refractivity contribution in [2.75, 3.05) is 13.1 Å². The van der Waals surface area contributed by atoms with Crippen LogP contribution < -0.4 is 0 Å². The highest BCUT2D eigenvalue weighted by Gasteiger charge is 2.36. The number of likely N-dealkylation sites (tertiary alicyclic amines) is 1. The second-order valence-corrected chi connectivity index (χ2v) is 9.80. The number of nitrogens with one attached hydrogen (secondary N) is 1. The summed E-state index contributed by atoms with van der Waals surface area (Å²) in [6.45, 7) is 11.2. The van der Waals surface area contributed by atoms with Crippen molar-refractivity contribution in [2.45, 2.75) is 59.5 Å². The lowest BCUT2D eigenvalue weighted by Gasteiger charge is -2.41. The largest absolute Gasteiger partial charge is 0.444 e. The first-order valence-electron chi connectivity index (χ1n) is 10.1. The Bertz CT molecular complexity index is 906. The SMILES string of the molecule is C#C.CC(C)(C)OC(=O)N1CCC(C(C)(C)Cc2c(F)c(Cl)cc3cn[nH]c23)CC1. The van der Waals surface area contributed by atoms with Gasteiger partial charge in [0.25, 0.3) is 0 Å². The van der Waals surface area contributed by atoms with Crippen LogP contribution in [-0.4, -0.2) is 39.9 Å². The van der Waals surface area contributed by atoms with E-state index in [1.807, 2.05) is 20.8 Å². The number of nitrogens with zero attached hydrogens (tertiary/aromatic N) is 2. The number of benzene rings is 1. The molecule has 0 aliphatic carbocycles. The maximum atomic E-state index is 14.8. The van der Waals surface area contributed by atoms with Gasteiger partial charge in [-0.2, -0.15) is 5.10 Å². The molecule has 30 heavy (non-hydrogen) atoms. The van der Waals surface area contributed by atoms with Crippen molar-refractivity contribution in [1.82, 2.24) is 15.1 Å². The van der Waals surface area contributed by atoms with Crippen LogP contribution in [0.1, 0.15) is 53.0 Å². The number of aromatic amines is 1. The number of terminal acetylenes is 1. The Balaban J connectivity index is 0.00000155. The Morgan fingerprint density at radius 3 is 2.47 bits per heavy atom. The Labute approximate surface area is 183 Å². The van der Waals surface area contributed by atoms with Crippen molar-refractivity contribution in [1.29, 1.82) is 0 Å². The molecule has 1 N–H and O–H groups in total. The molecule has 164 valence electrons. The summed E-state index contributed by atoms with van der Waals surface area (Å²) >= 11 is 6.10. The number of carbonyl (C=O) groups excluding carboxylic acids is 1. The van der Waals surface area contributed by atoms with Gasteiger partial charge in [-0.3, -0.25) is 5.10 Å². The lowest BCUT2D eigenvalue weighted by atomic mass is 9.70. The molecule has 0 saturated carbocycles. The predicted octanol–water partition coefficient (Wildman–Crippen LogP) is 5.82. The Kier molecular flexibility index (Phi) is 7.41. The molecule has 1 aliphatic rings. The van der Waals surface area contributed by atoms with Crippen LogP contribution in [-0.2, 0) is 11.2 Å². The Morgan fingerprint density at radius 2 is 1.90 bits per heavy atom. The van der Waals surface area contributed by atoms with Gasteiger partial charge in [0.05, 0.1) is 16.7 Å². The summed E-state index contributed by atoms with van der Waals surface area (Å²) in [5, 5.41) is 7.89. The molecule has 0 bridgehead atoms. The molecule has 1 fully saturated rings. The third-order valence-electron chi connectivity index (χ3n) is 5.61. The molecule has 0 radical (unpaired) electrons. The number of H-pyrrole nitrogens is 1. The van der Waals surface area contributed by atoms with Crippen LogP contribution in [0, 0.1) is 30.0 Å². The van der Waals surface area contributed by atoms with Gasteiger partial charge in [-0.15, -0.1) is 12.8 Å². The minimum absolute atomic E-state index is 0.124. The van der Waals surface area contributed by atoms with Crippen LogP contribution in [0.3, 0.4) is 0 Å². The van der Waals surface area contributed by atoms with Crippen molar-refractivity contribution in [3.8, 4) is 12.8 Å². The molecule has 1 amide bonds. The van der Waals surface area contributed by atoms with Gasteiger partial charge in [-0.25, -0.2) is 9.18 Å². The number of rotatable bonds is 3. The summed E-state index contributed by atoms with van der Waals surface area (Å²) in [6, 6.07) is 1.60. The number of hydrogen-bond acceptors (Lipinski definition) is 3. The third-order valence-corrected chi connectivity index (χ3v) is 5.89. The molecule has 1 aromatic heterocycles. The lowest BCUT2D eigenvalue weighted by Crippen LogP contribution is -2.44. The van der Waals surface area contributed by atoms with E-state index in [9.17, 15) is 9.18 Å². The molecule has 1 saturated heterocycles. The quantitative estimate of drug-likeness (QED) is 0.618. The first-order valence-corrected chi connectivity index (χ1v) is 10.5. The fraction of sp³-hybridized carbons (Fsp3) is 0.565. The first kappa shape index (κ1) is 24.0. The van der Waals surface area contributed by atoms with Crippen LogP contribution in [0.5, 0.6) is 0 Å². The van der Waals surface area contributed by atoms with Gasteiger partial charge in [-0.1, -0.05) is 25.4 Å². The van der Waals surface area contributed by atoms with Crippen molar-refractivity contribution in [3.63, 3.8) is 0 Å². The molecule has 2 heterocycles. The van der Waals surface area contributed by atoms with E-state index in [1.54, 1.807) is 17.2 Å². The molecule has 0 atom stereocenters. The average Bonchev–Trinajstić information content (AvgIpc) is 3.14. The third kappa shape index (κ3) is 5.46. The van der Waals surface area contributed by atoms with Gasteiger partial charge in [-0.05, 0) is 57.4 Å². The first-order chi connectivity index (χ1) is 14.0. The minimum Gasteiger partial charge on any atom is -0.444 e. The fourth-order valence-electron chi connectivity index (χ4n) is 4.04. The molecule has 5 nitrogen and oxygen atoms in total. The van der Waals surface area contributed by atoms with E-state index in [0.29, 0.717) is 36.5 Å². The van der Waals surface area contributed by atoms with Gasteiger partial charge in [0.1, 0.15) is 11.4 Å². The zero-order valence-corrected chi connectivity index (χ0v) is 19.1. The summed E-state index contributed by atoms with van der Waals surface area (Å²) < 4.78 is 20.3. The van der Waals surface area contributed by atoms with Crippen molar-refractivity contribution in [2.24, 2.45) is 11.3 Å². The van der Waals surface area contributed by atoms with E-state index in [0.717, 1.165) is 18.2 Å². The molecule has 1 aromatic carbocycles. The van der Waals surface area contributed by atoms with Crippen molar-refractivity contribution < 1.29 is 13.9 Å². The summed E-state index contributed by atoms with van der Waals surface area (Å²) in [5.41, 5.74) is 0.650. The highest BCUT2D eigenvalue weighted by molar-refractivity contribution is 6.31. The standard InChI is InChI=1S/C21H29ClFN3O2.C2H2/c1-20(2,3)28-19(27)26-8-6-14(7-9-26)21(4,5)11-15-17(23)16(22)10-13-12-24-25-18(13)15;1-2/h10,12,14H,6-9,11H2,1-5H3,(H,24,25);1-2H. The summed E-state index contributed by atoms with van der Waals surface area (Å²) in [7, 11) is 0. The number of carbonyl (C=O) groups is 1. The molecule has 0 spiro atoms. The molecule has 1 aliphatic heterocycles. The van der Waals surface area contributed by atoms with E-state index in [2.05, 4.69) is 36.9 Å². The van der Waals surface area contributed by atoms with Gasteiger partial charge in [0, 0.05) is 24.0 Å². The monoisotopic (exact) mass is 435 g/mol. The lowest BCUT2D eigenvalue weighted by molar-refractivity contribution is 0.0116.